The fourth-order valence-electron chi connectivity index (χ4n) is 2.41. The van der Waals surface area contributed by atoms with Gasteiger partial charge in [-0.3, -0.25) is 9.59 Å². The molecule has 2 aromatic rings. The van der Waals surface area contributed by atoms with Crippen molar-refractivity contribution in [2.24, 2.45) is 7.05 Å². The summed E-state index contributed by atoms with van der Waals surface area (Å²) < 4.78 is 45.9. The Kier molecular flexibility index (Phi) is 5.57. The third-order valence-electron chi connectivity index (χ3n) is 3.59. The van der Waals surface area contributed by atoms with Crippen LogP contribution in [-0.2, 0) is 29.2 Å². The third-order valence-corrected chi connectivity index (χ3v) is 3.84. The monoisotopic (exact) mass is 373 g/mol. The van der Waals surface area contributed by atoms with Gasteiger partial charge in [0.25, 0.3) is 0 Å². The first-order valence-corrected chi connectivity index (χ1v) is 7.74. The summed E-state index contributed by atoms with van der Waals surface area (Å²) in [5.41, 5.74) is -1.51. The average Bonchev–Trinajstić information content (AvgIpc) is 2.84. The minimum atomic E-state index is -4.73. The first-order chi connectivity index (χ1) is 11.6. The van der Waals surface area contributed by atoms with Crippen LogP contribution in [0.1, 0.15) is 34.2 Å². The quantitative estimate of drug-likeness (QED) is 0.587. The molecule has 1 aromatic carbocycles. The second-order valence-electron chi connectivity index (χ2n) is 5.27. The van der Waals surface area contributed by atoms with Crippen LogP contribution >= 0.6 is 11.6 Å². The molecule has 0 saturated carbocycles. The predicted molar refractivity (Wildman–Crippen MR) is 85.6 cm³/mol. The van der Waals surface area contributed by atoms with E-state index in [1.54, 1.807) is 6.92 Å². The molecule has 0 radical (unpaired) electrons. The molecule has 134 valence electrons. The molecule has 0 N–H and O–H groups in total. The van der Waals surface area contributed by atoms with Crippen molar-refractivity contribution in [1.82, 2.24) is 4.57 Å². The van der Waals surface area contributed by atoms with Gasteiger partial charge in [0.2, 0.25) is 5.78 Å². The maximum atomic E-state index is 13.4. The Morgan fingerprint density at radius 2 is 1.80 bits per heavy atom. The second kappa shape index (κ2) is 7.31. The molecule has 0 bridgehead atoms. The number of halogens is 4. The minimum absolute atomic E-state index is 0.0445. The van der Waals surface area contributed by atoms with E-state index in [1.807, 2.05) is 0 Å². The highest BCUT2D eigenvalue weighted by Gasteiger charge is 2.39. The maximum absolute atomic E-state index is 13.4. The largest absolute Gasteiger partial charge is 0.466 e. The van der Waals surface area contributed by atoms with Gasteiger partial charge in [0, 0.05) is 23.3 Å². The van der Waals surface area contributed by atoms with Crippen molar-refractivity contribution in [3.8, 4) is 0 Å². The summed E-state index contributed by atoms with van der Waals surface area (Å²) in [5.74, 6) is -1.47. The lowest BCUT2D eigenvalue weighted by atomic mass is 10.0. The molecule has 0 aliphatic rings. The lowest BCUT2D eigenvalue weighted by Crippen LogP contribution is -2.16. The molecule has 0 amide bonds. The van der Waals surface area contributed by atoms with Gasteiger partial charge in [-0.25, -0.2) is 0 Å². The van der Waals surface area contributed by atoms with Gasteiger partial charge in [-0.05, 0) is 37.3 Å². The molecule has 2 rings (SSSR count). The van der Waals surface area contributed by atoms with Crippen molar-refractivity contribution in [3.05, 3.63) is 57.9 Å². The van der Waals surface area contributed by atoms with Gasteiger partial charge in [0.15, 0.2) is 0 Å². The highest BCUT2D eigenvalue weighted by atomic mass is 35.5. The predicted octanol–water partition coefficient (Wildman–Crippen LogP) is 4.03. The Bertz CT molecular complexity index is 795. The number of nitrogens with zero attached hydrogens (tertiary/aromatic N) is 1. The SMILES string of the molecule is CCOC(=O)Cc1cc(C(F)(F)F)c(C(=O)c2ccc(Cl)cc2)n1C. The van der Waals surface area contributed by atoms with E-state index in [0.29, 0.717) is 5.02 Å². The number of aromatic nitrogens is 1. The van der Waals surface area contributed by atoms with E-state index in [1.165, 1.54) is 31.3 Å². The number of hydrogen-bond donors (Lipinski definition) is 0. The van der Waals surface area contributed by atoms with Crippen LogP contribution in [0.3, 0.4) is 0 Å². The lowest BCUT2D eigenvalue weighted by molar-refractivity contribution is -0.142. The molecule has 0 saturated heterocycles. The smallest absolute Gasteiger partial charge is 0.418 e. The van der Waals surface area contributed by atoms with Crippen molar-refractivity contribution in [1.29, 1.82) is 0 Å². The number of rotatable bonds is 5. The standard InChI is InChI=1S/C17H15ClF3NO3/c1-3-25-14(23)9-12-8-13(17(19,20)21)15(22(12)2)16(24)10-4-6-11(18)7-5-10/h4-8H,3,9H2,1-2H3. The third kappa shape index (κ3) is 4.22. The normalized spacial score (nSPS) is 11.4. The van der Waals surface area contributed by atoms with Crippen molar-refractivity contribution >= 4 is 23.4 Å². The first kappa shape index (κ1) is 19.1. The lowest BCUT2D eigenvalue weighted by Gasteiger charge is -2.10. The summed E-state index contributed by atoms with van der Waals surface area (Å²) in [6.07, 6.45) is -5.09. The van der Waals surface area contributed by atoms with Crippen LogP contribution in [0.5, 0.6) is 0 Å². The Hall–Kier alpha value is -2.28. The van der Waals surface area contributed by atoms with Gasteiger partial charge < -0.3 is 9.30 Å². The fraction of sp³-hybridized carbons (Fsp3) is 0.294. The van der Waals surface area contributed by atoms with Crippen molar-refractivity contribution in [3.63, 3.8) is 0 Å². The molecule has 1 heterocycles. The van der Waals surface area contributed by atoms with E-state index in [-0.39, 0.29) is 24.3 Å². The molecule has 0 atom stereocenters. The summed E-state index contributed by atoms with van der Waals surface area (Å²) in [6.45, 7) is 1.71. The second-order valence-corrected chi connectivity index (χ2v) is 5.71. The first-order valence-electron chi connectivity index (χ1n) is 7.36. The number of carbonyl (C=O) groups is 2. The Labute approximate surface area is 147 Å². The molecule has 0 aliphatic heterocycles. The summed E-state index contributed by atoms with van der Waals surface area (Å²) in [5, 5.41) is 0.363. The van der Waals surface area contributed by atoms with Gasteiger partial charge in [-0.2, -0.15) is 13.2 Å². The molecule has 0 aliphatic carbocycles. The van der Waals surface area contributed by atoms with Gasteiger partial charge in [-0.1, -0.05) is 11.6 Å². The highest BCUT2D eigenvalue weighted by molar-refractivity contribution is 6.30. The molecular weight excluding hydrogens is 359 g/mol. The molecule has 4 nitrogen and oxygen atoms in total. The van der Waals surface area contributed by atoms with E-state index in [4.69, 9.17) is 16.3 Å². The van der Waals surface area contributed by atoms with Crippen molar-refractivity contribution < 1.29 is 27.5 Å². The van der Waals surface area contributed by atoms with Crippen LogP contribution < -0.4 is 0 Å². The summed E-state index contributed by atoms with van der Waals surface area (Å²) in [4.78, 5) is 24.2. The van der Waals surface area contributed by atoms with E-state index in [9.17, 15) is 22.8 Å². The highest BCUT2D eigenvalue weighted by Crippen LogP contribution is 2.35. The van der Waals surface area contributed by atoms with Crippen LogP contribution in [0.15, 0.2) is 30.3 Å². The Balaban J connectivity index is 2.51. The van der Waals surface area contributed by atoms with Gasteiger partial charge in [0.1, 0.15) is 5.69 Å². The molecule has 1 aromatic heterocycles. The van der Waals surface area contributed by atoms with Gasteiger partial charge in [0.05, 0.1) is 18.6 Å². The van der Waals surface area contributed by atoms with Crippen LogP contribution in [0, 0.1) is 0 Å². The molecule has 0 unspecified atom stereocenters. The Morgan fingerprint density at radius 1 is 1.20 bits per heavy atom. The number of esters is 1. The number of benzene rings is 1. The number of alkyl halides is 3. The van der Waals surface area contributed by atoms with Gasteiger partial charge >= 0.3 is 12.1 Å². The minimum Gasteiger partial charge on any atom is -0.466 e. The van der Waals surface area contributed by atoms with E-state index < -0.39 is 29.2 Å². The van der Waals surface area contributed by atoms with Crippen molar-refractivity contribution in [2.75, 3.05) is 6.61 Å². The molecule has 0 fully saturated rings. The number of hydrogen-bond acceptors (Lipinski definition) is 3. The van der Waals surface area contributed by atoms with Crippen LogP contribution in [0.2, 0.25) is 5.02 Å². The van der Waals surface area contributed by atoms with Crippen molar-refractivity contribution in [2.45, 2.75) is 19.5 Å². The zero-order valence-electron chi connectivity index (χ0n) is 13.5. The topological polar surface area (TPSA) is 48.3 Å². The van der Waals surface area contributed by atoms with E-state index in [0.717, 1.165) is 10.6 Å². The number of ether oxygens (including phenoxy) is 1. The van der Waals surface area contributed by atoms with Gasteiger partial charge in [-0.15, -0.1) is 0 Å². The molecule has 0 spiro atoms. The summed E-state index contributed by atoms with van der Waals surface area (Å²) in [7, 11) is 1.31. The summed E-state index contributed by atoms with van der Waals surface area (Å²) >= 11 is 5.74. The molecule has 8 heteroatoms. The number of carbonyl (C=O) groups excluding carboxylic acids is 2. The van der Waals surface area contributed by atoms with Crippen LogP contribution in [0.25, 0.3) is 0 Å². The summed E-state index contributed by atoms with van der Waals surface area (Å²) in [6, 6.07) is 6.35. The fourth-order valence-corrected chi connectivity index (χ4v) is 2.54. The zero-order chi connectivity index (χ0) is 18.8. The number of ketones is 1. The average molecular weight is 374 g/mol. The van der Waals surface area contributed by atoms with E-state index >= 15 is 0 Å². The molecular formula is C17H15ClF3NO3. The van der Waals surface area contributed by atoms with Crippen LogP contribution in [-0.4, -0.2) is 22.9 Å². The van der Waals surface area contributed by atoms with E-state index in [2.05, 4.69) is 0 Å². The zero-order valence-corrected chi connectivity index (χ0v) is 14.2. The molecule has 25 heavy (non-hydrogen) atoms. The maximum Gasteiger partial charge on any atom is 0.418 e. The Morgan fingerprint density at radius 3 is 2.32 bits per heavy atom. The van der Waals surface area contributed by atoms with Crippen LogP contribution in [0.4, 0.5) is 13.2 Å².